The van der Waals surface area contributed by atoms with Gasteiger partial charge in [0.1, 0.15) is 0 Å². The Hall–Kier alpha value is -1.44. The Morgan fingerprint density at radius 1 is 1.16 bits per heavy atom. The topological polar surface area (TPSA) is 24.7 Å². The van der Waals surface area contributed by atoms with Gasteiger partial charge < -0.3 is 0 Å². The Morgan fingerprint density at radius 2 is 1.84 bits per heavy atom. The second kappa shape index (κ2) is 7.88. The SMILES string of the molecule is CCCCC(CC=NC(C)(C)C)=Nc1ccccc1. The third-order valence-corrected chi connectivity index (χ3v) is 2.67. The molecular formula is C17H26N2. The van der Waals surface area contributed by atoms with E-state index in [9.17, 15) is 0 Å². The molecule has 2 nitrogen and oxygen atoms in total. The van der Waals surface area contributed by atoms with Crippen molar-refractivity contribution in [3.05, 3.63) is 30.3 Å². The van der Waals surface area contributed by atoms with Crippen LogP contribution in [0.5, 0.6) is 0 Å². The first kappa shape index (κ1) is 15.6. The molecule has 0 fully saturated rings. The average molecular weight is 258 g/mol. The maximum atomic E-state index is 4.74. The molecule has 0 aromatic heterocycles. The van der Waals surface area contributed by atoms with Gasteiger partial charge in [-0.3, -0.25) is 9.98 Å². The summed E-state index contributed by atoms with van der Waals surface area (Å²) in [6.45, 7) is 8.56. The van der Waals surface area contributed by atoms with Crippen LogP contribution in [0.3, 0.4) is 0 Å². The number of hydrogen-bond acceptors (Lipinski definition) is 2. The first-order valence-electron chi connectivity index (χ1n) is 7.16. The zero-order valence-electron chi connectivity index (χ0n) is 12.7. The summed E-state index contributed by atoms with van der Waals surface area (Å²) in [5, 5.41) is 0. The van der Waals surface area contributed by atoms with E-state index < -0.39 is 0 Å². The molecule has 0 unspecified atom stereocenters. The van der Waals surface area contributed by atoms with Gasteiger partial charge in [-0.15, -0.1) is 0 Å². The lowest BCUT2D eigenvalue weighted by molar-refractivity contribution is 0.585. The minimum absolute atomic E-state index is 0.00259. The van der Waals surface area contributed by atoms with Crippen LogP contribution in [-0.4, -0.2) is 17.5 Å². The smallest absolute Gasteiger partial charge is 0.0629 e. The molecule has 0 aliphatic carbocycles. The van der Waals surface area contributed by atoms with Gasteiger partial charge >= 0.3 is 0 Å². The zero-order chi connectivity index (χ0) is 14.1. The third-order valence-electron chi connectivity index (χ3n) is 2.67. The van der Waals surface area contributed by atoms with E-state index in [1.54, 1.807) is 0 Å². The van der Waals surface area contributed by atoms with Crippen LogP contribution in [-0.2, 0) is 0 Å². The second-order valence-corrected chi connectivity index (χ2v) is 5.80. The molecule has 0 aliphatic rings. The highest BCUT2D eigenvalue weighted by atomic mass is 14.8. The van der Waals surface area contributed by atoms with Crippen molar-refractivity contribution >= 4 is 17.6 Å². The molecule has 1 aromatic rings. The standard InChI is InChI=1S/C17H26N2/c1-5-6-10-16(13-14-18-17(2,3)4)19-15-11-8-7-9-12-15/h7-9,11-12,14H,5-6,10,13H2,1-4H3. The Bertz CT molecular complexity index is 411. The summed E-state index contributed by atoms with van der Waals surface area (Å²) >= 11 is 0. The largest absolute Gasteiger partial charge is 0.291 e. The Morgan fingerprint density at radius 3 is 2.42 bits per heavy atom. The van der Waals surface area contributed by atoms with Crippen molar-refractivity contribution in [3.63, 3.8) is 0 Å². The molecular weight excluding hydrogens is 232 g/mol. The lowest BCUT2D eigenvalue weighted by Crippen LogP contribution is -2.10. The second-order valence-electron chi connectivity index (χ2n) is 5.80. The lowest BCUT2D eigenvalue weighted by atomic mass is 10.1. The molecule has 1 aromatic carbocycles. The fourth-order valence-corrected chi connectivity index (χ4v) is 1.69. The summed E-state index contributed by atoms with van der Waals surface area (Å²) in [5.41, 5.74) is 2.27. The Labute approximate surface area is 117 Å². The first-order chi connectivity index (χ1) is 9.01. The number of para-hydroxylation sites is 1. The van der Waals surface area contributed by atoms with E-state index in [0.29, 0.717) is 0 Å². The Kier molecular flexibility index (Phi) is 6.48. The summed E-state index contributed by atoms with van der Waals surface area (Å²) in [7, 11) is 0. The van der Waals surface area contributed by atoms with Gasteiger partial charge in [-0.2, -0.15) is 0 Å². The van der Waals surface area contributed by atoms with E-state index in [1.165, 1.54) is 18.6 Å². The van der Waals surface area contributed by atoms with Gasteiger partial charge in [0.15, 0.2) is 0 Å². The Balaban J connectivity index is 2.72. The van der Waals surface area contributed by atoms with Crippen LogP contribution in [0, 0.1) is 0 Å². The number of aliphatic imine (C=N–C) groups is 2. The monoisotopic (exact) mass is 258 g/mol. The molecule has 0 spiro atoms. The molecule has 19 heavy (non-hydrogen) atoms. The van der Waals surface area contributed by atoms with Crippen LogP contribution in [0.2, 0.25) is 0 Å². The van der Waals surface area contributed by atoms with Gasteiger partial charge in [0.2, 0.25) is 0 Å². The van der Waals surface area contributed by atoms with E-state index in [1.807, 2.05) is 36.5 Å². The quantitative estimate of drug-likeness (QED) is 0.626. The van der Waals surface area contributed by atoms with Crippen LogP contribution in [0.25, 0.3) is 0 Å². The average Bonchev–Trinajstić information content (AvgIpc) is 2.35. The van der Waals surface area contributed by atoms with Gasteiger partial charge in [-0.05, 0) is 45.7 Å². The summed E-state index contributed by atoms with van der Waals surface area (Å²) in [5.74, 6) is 0. The van der Waals surface area contributed by atoms with Crippen molar-refractivity contribution in [1.29, 1.82) is 0 Å². The molecule has 0 radical (unpaired) electrons. The molecule has 1 rings (SSSR count). The van der Waals surface area contributed by atoms with Crippen molar-refractivity contribution in [2.75, 3.05) is 0 Å². The van der Waals surface area contributed by atoms with Crippen molar-refractivity contribution in [1.82, 2.24) is 0 Å². The molecule has 0 bridgehead atoms. The van der Waals surface area contributed by atoms with Crippen molar-refractivity contribution in [2.24, 2.45) is 9.98 Å². The maximum Gasteiger partial charge on any atom is 0.0629 e. The molecule has 0 atom stereocenters. The molecule has 0 amide bonds. The highest BCUT2D eigenvalue weighted by molar-refractivity contribution is 5.96. The van der Waals surface area contributed by atoms with Crippen molar-refractivity contribution < 1.29 is 0 Å². The number of unbranched alkanes of at least 4 members (excludes halogenated alkanes) is 1. The highest BCUT2D eigenvalue weighted by Crippen LogP contribution is 2.13. The highest BCUT2D eigenvalue weighted by Gasteiger charge is 2.05. The van der Waals surface area contributed by atoms with Gasteiger partial charge in [0, 0.05) is 18.3 Å². The number of hydrogen-bond donors (Lipinski definition) is 0. The normalized spacial score (nSPS) is 13.2. The summed E-state index contributed by atoms with van der Waals surface area (Å²) in [6.07, 6.45) is 6.31. The lowest BCUT2D eigenvalue weighted by Gasteiger charge is -2.11. The van der Waals surface area contributed by atoms with E-state index in [-0.39, 0.29) is 5.54 Å². The predicted octanol–water partition coefficient (Wildman–Crippen LogP) is 5.21. The van der Waals surface area contributed by atoms with Crippen LogP contribution in [0.15, 0.2) is 40.3 Å². The van der Waals surface area contributed by atoms with Gasteiger partial charge in [0.25, 0.3) is 0 Å². The fraction of sp³-hybridized carbons (Fsp3) is 0.529. The van der Waals surface area contributed by atoms with Crippen LogP contribution >= 0.6 is 0 Å². The summed E-state index contributed by atoms with van der Waals surface area (Å²) in [6, 6.07) is 10.2. The van der Waals surface area contributed by atoms with Crippen LogP contribution in [0.1, 0.15) is 53.4 Å². The molecule has 104 valence electrons. The van der Waals surface area contributed by atoms with Crippen molar-refractivity contribution in [3.8, 4) is 0 Å². The van der Waals surface area contributed by atoms with Gasteiger partial charge in [0.05, 0.1) is 11.2 Å². The van der Waals surface area contributed by atoms with Crippen molar-refractivity contribution in [2.45, 2.75) is 58.9 Å². The molecule has 0 aliphatic heterocycles. The minimum Gasteiger partial charge on any atom is -0.291 e. The van der Waals surface area contributed by atoms with E-state index in [0.717, 1.165) is 18.5 Å². The maximum absolute atomic E-state index is 4.74. The number of nitrogens with zero attached hydrogens (tertiary/aromatic N) is 2. The van der Waals surface area contributed by atoms with Gasteiger partial charge in [-0.1, -0.05) is 31.5 Å². The molecule has 0 N–H and O–H groups in total. The third kappa shape index (κ3) is 7.55. The fourth-order valence-electron chi connectivity index (χ4n) is 1.69. The number of benzene rings is 1. The van der Waals surface area contributed by atoms with Gasteiger partial charge in [-0.25, -0.2) is 0 Å². The predicted molar refractivity (Wildman–Crippen MR) is 85.9 cm³/mol. The van der Waals surface area contributed by atoms with Crippen LogP contribution in [0.4, 0.5) is 5.69 Å². The van der Waals surface area contributed by atoms with E-state index in [4.69, 9.17) is 4.99 Å². The molecule has 0 saturated heterocycles. The van der Waals surface area contributed by atoms with E-state index >= 15 is 0 Å². The number of rotatable bonds is 6. The van der Waals surface area contributed by atoms with E-state index in [2.05, 4.69) is 32.7 Å². The summed E-state index contributed by atoms with van der Waals surface area (Å²) in [4.78, 5) is 9.28. The minimum atomic E-state index is 0.00259. The zero-order valence-corrected chi connectivity index (χ0v) is 12.7. The van der Waals surface area contributed by atoms with Crippen LogP contribution < -0.4 is 0 Å². The molecule has 2 heteroatoms. The summed E-state index contributed by atoms with van der Waals surface area (Å²) < 4.78 is 0. The molecule has 0 saturated carbocycles. The first-order valence-corrected chi connectivity index (χ1v) is 7.16. The molecule has 0 heterocycles.